The van der Waals surface area contributed by atoms with E-state index < -0.39 is 9.85 Å². The molecular weight excluding hydrogens is 260 g/mol. The Bertz CT molecular complexity index is 593. The Hall–Kier alpha value is -2.48. The number of benzene rings is 1. The lowest BCUT2D eigenvalue weighted by molar-refractivity contribution is -0.384. The van der Waals surface area contributed by atoms with Gasteiger partial charge in [-0.05, 0) is 29.5 Å². The number of ether oxygens (including phenoxy) is 1. The van der Waals surface area contributed by atoms with E-state index in [1.165, 1.54) is 36.4 Å². The van der Waals surface area contributed by atoms with Crippen LogP contribution >= 0.6 is 11.3 Å². The van der Waals surface area contributed by atoms with Gasteiger partial charge in [0.05, 0.1) is 9.85 Å². The van der Waals surface area contributed by atoms with Gasteiger partial charge in [-0.2, -0.15) is 0 Å². The molecule has 18 heavy (non-hydrogen) atoms. The van der Waals surface area contributed by atoms with Crippen LogP contribution in [0.3, 0.4) is 0 Å². The number of hydrogen-bond acceptors (Lipinski definition) is 6. The fourth-order valence-corrected chi connectivity index (χ4v) is 1.91. The van der Waals surface area contributed by atoms with E-state index in [0.717, 1.165) is 11.3 Å². The molecule has 0 fully saturated rings. The maximum atomic E-state index is 10.5. The van der Waals surface area contributed by atoms with Gasteiger partial charge in [-0.15, -0.1) is 0 Å². The van der Waals surface area contributed by atoms with Gasteiger partial charge in [0, 0.05) is 18.2 Å². The summed E-state index contributed by atoms with van der Waals surface area (Å²) >= 11 is 0.891. The highest BCUT2D eigenvalue weighted by atomic mass is 32.1. The molecule has 1 aromatic carbocycles. The van der Waals surface area contributed by atoms with Crippen LogP contribution < -0.4 is 4.74 Å². The van der Waals surface area contributed by atoms with Crippen LogP contribution in [0.15, 0.2) is 36.4 Å². The molecule has 8 heteroatoms. The van der Waals surface area contributed by atoms with E-state index in [9.17, 15) is 20.2 Å². The number of nitro groups is 2. The number of hydrogen-bond donors (Lipinski definition) is 0. The number of non-ortho nitro benzene ring substituents is 1. The van der Waals surface area contributed by atoms with Crippen LogP contribution in [0, 0.1) is 20.2 Å². The molecule has 0 N–H and O–H groups in total. The predicted octanol–water partition coefficient (Wildman–Crippen LogP) is 3.36. The molecule has 2 rings (SSSR count). The van der Waals surface area contributed by atoms with Crippen molar-refractivity contribution in [1.29, 1.82) is 0 Å². The van der Waals surface area contributed by atoms with Gasteiger partial charge in [-0.1, -0.05) is 0 Å². The Morgan fingerprint density at radius 1 is 0.944 bits per heavy atom. The molecule has 0 saturated heterocycles. The summed E-state index contributed by atoms with van der Waals surface area (Å²) in [4.78, 5) is 19.9. The Morgan fingerprint density at radius 2 is 1.61 bits per heavy atom. The van der Waals surface area contributed by atoms with Gasteiger partial charge in [-0.3, -0.25) is 20.2 Å². The second-order valence-corrected chi connectivity index (χ2v) is 4.23. The molecule has 0 spiro atoms. The zero-order chi connectivity index (χ0) is 13.1. The normalized spacial score (nSPS) is 10.0. The van der Waals surface area contributed by atoms with Crippen molar-refractivity contribution in [3.63, 3.8) is 0 Å². The van der Waals surface area contributed by atoms with Gasteiger partial charge in [0.2, 0.25) is 0 Å². The van der Waals surface area contributed by atoms with Gasteiger partial charge in [0.25, 0.3) is 5.69 Å². The largest absolute Gasteiger partial charge is 0.446 e. The van der Waals surface area contributed by atoms with Gasteiger partial charge in [0.15, 0.2) is 5.06 Å². The molecular formula is C10H6N2O5S. The number of thiophene rings is 1. The van der Waals surface area contributed by atoms with Crippen molar-refractivity contribution in [3.8, 4) is 10.8 Å². The molecule has 0 radical (unpaired) electrons. The highest BCUT2D eigenvalue weighted by molar-refractivity contribution is 7.17. The van der Waals surface area contributed by atoms with E-state index in [1.54, 1.807) is 0 Å². The zero-order valence-electron chi connectivity index (χ0n) is 8.81. The first-order valence-electron chi connectivity index (χ1n) is 4.73. The van der Waals surface area contributed by atoms with Crippen molar-refractivity contribution in [2.24, 2.45) is 0 Å². The quantitative estimate of drug-likeness (QED) is 0.624. The average molecular weight is 266 g/mol. The van der Waals surface area contributed by atoms with Crippen molar-refractivity contribution in [3.05, 3.63) is 56.6 Å². The molecule has 0 amide bonds. The van der Waals surface area contributed by atoms with Crippen LogP contribution in [0.25, 0.3) is 0 Å². The molecule has 0 atom stereocenters. The fraction of sp³-hybridized carbons (Fsp3) is 0. The van der Waals surface area contributed by atoms with Gasteiger partial charge in [-0.25, -0.2) is 0 Å². The maximum Gasteiger partial charge on any atom is 0.327 e. The summed E-state index contributed by atoms with van der Waals surface area (Å²) in [7, 11) is 0. The lowest BCUT2D eigenvalue weighted by atomic mass is 10.3. The van der Waals surface area contributed by atoms with Crippen molar-refractivity contribution < 1.29 is 14.6 Å². The lowest BCUT2D eigenvalue weighted by Gasteiger charge is -2.00. The minimum atomic E-state index is -0.514. The molecule has 7 nitrogen and oxygen atoms in total. The van der Waals surface area contributed by atoms with Crippen LogP contribution in [0.4, 0.5) is 10.7 Å². The van der Waals surface area contributed by atoms with E-state index in [4.69, 9.17) is 4.74 Å². The number of rotatable bonds is 4. The van der Waals surface area contributed by atoms with E-state index in [-0.39, 0.29) is 10.7 Å². The standard InChI is InChI=1S/C10H6N2O5S/c13-11(14)7-1-3-8(4-2-7)17-10-6-5-9(18-10)12(15)16/h1-6H. The molecule has 0 saturated carbocycles. The number of nitrogens with zero attached hydrogens (tertiary/aromatic N) is 2. The maximum absolute atomic E-state index is 10.5. The van der Waals surface area contributed by atoms with Crippen LogP contribution in [0.5, 0.6) is 10.8 Å². The molecule has 2 aromatic rings. The third kappa shape index (κ3) is 2.61. The number of nitro benzene ring substituents is 1. The summed E-state index contributed by atoms with van der Waals surface area (Å²) in [5.74, 6) is 0.386. The summed E-state index contributed by atoms with van der Waals surface area (Å²) in [5, 5.41) is 21.2. The van der Waals surface area contributed by atoms with Crippen molar-refractivity contribution in [1.82, 2.24) is 0 Å². The SMILES string of the molecule is O=[N+]([O-])c1ccc(Oc2ccc([N+](=O)[O-])s2)cc1. The fourth-order valence-electron chi connectivity index (χ4n) is 1.22. The molecule has 0 aliphatic heterocycles. The minimum absolute atomic E-state index is 0.0214. The first-order chi connectivity index (χ1) is 8.56. The second kappa shape index (κ2) is 4.80. The topological polar surface area (TPSA) is 95.5 Å². The molecule has 0 unspecified atom stereocenters. The second-order valence-electron chi connectivity index (χ2n) is 3.20. The van der Waals surface area contributed by atoms with Crippen molar-refractivity contribution in [2.75, 3.05) is 0 Å². The van der Waals surface area contributed by atoms with E-state index in [0.29, 0.717) is 10.8 Å². The van der Waals surface area contributed by atoms with Gasteiger partial charge < -0.3 is 4.74 Å². The zero-order valence-corrected chi connectivity index (χ0v) is 9.62. The van der Waals surface area contributed by atoms with Crippen LogP contribution in [0.2, 0.25) is 0 Å². The van der Waals surface area contributed by atoms with E-state index in [1.807, 2.05) is 0 Å². The third-order valence-corrected chi connectivity index (χ3v) is 2.93. The van der Waals surface area contributed by atoms with Crippen molar-refractivity contribution >= 4 is 22.0 Å². The molecule has 0 aliphatic rings. The summed E-state index contributed by atoms with van der Waals surface area (Å²) < 4.78 is 5.34. The average Bonchev–Trinajstić information content (AvgIpc) is 2.78. The molecule has 1 aromatic heterocycles. The van der Waals surface area contributed by atoms with Crippen molar-refractivity contribution in [2.45, 2.75) is 0 Å². The predicted molar refractivity (Wildman–Crippen MR) is 64.1 cm³/mol. The van der Waals surface area contributed by atoms with Crippen LogP contribution in [-0.2, 0) is 0 Å². The molecule has 0 bridgehead atoms. The summed E-state index contributed by atoms with van der Waals surface area (Å²) in [6, 6.07) is 8.29. The first-order valence-corrected chi connectivity index (χ1v) is 5.54. The minimum Gasteiger partial charge on any atom is -0.446 e. The molecule has 1 heterocycles. The molecule has 0 aliphatic carbocycles. The van der Waals surface area contributed by atoms with Crippen LogP contribution in [0.1, 0.15) is 0 Å². The first kappa shape index (κ1) is 12.0. The van der Waals surface area contributed by atoms with E-state index in [2.05, 4.69) is 0 Å². The van der Waals surface area contributed by atoms with Crippen LogP contribution in [-0.4, -0.2) is 9.85 Å². The Morgan fingerprint density at radius 3 is 2.11 bits per heavy atom. The third-order valence-electron chi connectivity index (χ3n) is 2.01. The summed E-state index contributed by atoms with van der Waals surface area (Å²) in [6.45, 7) is 0. The Labute approximate surface area is 105 Å². The highest BCUT2D eigenvalue weighted by Crippen LogP contribution is 2.34. The Balaban J connectivity index is 2.13. The summed E-state index contributed by atoms with van der Waals surface area (Å²) in [6.07, 6.45) is 0. The Kier molecular flexibility index (Phi) is 3.20. The van der Waals surface area contributed by atoms with Gasteiger partial charge in [0.1, 0.15) is 5.75 Å². The van der Waals surface area contributed by atoms with Gasteiger partial charge >= 0.3 is 5.00 Å². The van der Waals surface area contributed by atoms with E-state index >= 15 is 0 Å². The lowest BCUT2D eigenvalue weighted by Crippen LogP contribution is -1.87. The molecule has 92 valence electrons. The smallest absolute Gasteiger partial charge is 0.327 e. The monoisotopic (exact) mass is 266 g/mol. The summed E-state index contributed by atoms with van der Waals surface area (Å²) in [5.41, 5.74) is -0.0421. The highest BCUT2D eigenvalue weighted by Gasteiger charge is 2.11.